The van der Waals surface area contributed by atoms with Gasteiger partial charge in [0.1, 0.15) is 0 Å². The van der Waals surface area contributed by atoms with E-state index in [4.69, 9.17) is 11.6 Å². The number of hydrogen-bond acceptors (Lipinski definition) is 6. The van der Waals surface area contributed by atoms with Gasteiger partial charge in [0, 0.05) is 53.9 Å². The van der Waals surface area contributed by atoms with E-state index in [1.807, 2.05) is 45.2 Å². The Morgan fingerprint density at radius 3 is 2.83 bits per heavy atom. The van der Waals surface area contributed by atoms with Crippen LogP contribution in [0.25, 0.3) is 10.9 Å². The molecular formula is C22H28ClN7. The summed E-state index contributed by atoms with van der Waals surface area (Å²) in [7, 11) is 2.02. The quantitative estimate of drug-likeness (QED) is 0.414. The second-order valence-electron chi connectivity index (χ2n) is 7.84. The SMILES string of the molecule is C/C(CCN1CCCC1)=N/Nc1ccnc(Nc2ccc3c(c2)c(Cl)c(C)n3C)n1. The third-order valence-electron chi connectivity index (χ3n) is 5.68. The minimum absolute atomic E-state index is 0.507. The Hall–Kier alpha value is -2.64. The largest absolute Gasteiger partial charge is 0.346 e. The van der Waals surface area contributed by atoms with Crippen molar-refractivity contribution < 1.29 is 0 Å². The topological polar surface area (TPSA) is 70.4 Å². The maximum Gasteiger partial charge on any atom is 0.229 e. The molecule has 0 atom stereocenters. The Balaban J connectivity index is 1.41. The van der Waals surface area contributed by atoms with Gasteiger partial charge in [-0.05, 0) is 64.4 Å². The highest BCUT2D eigenvalue weighted by Crippen LogP contribution is 2.32. The molecule has 2 aromatic heterocycles. The van der Waals surface area contributed by atoms with E-state index in [-0.39, 0.29) is 0 Å². The molecule has 3 aromatic rings. The number of hydrogen-bond donors (Lipinski definition) is 2. The molecule has 7 nitrogen and oxygen atoms in total. The molecule has 3 heterocycles. The lowest BCUT2D eigenvalue weighted by Gasteiger charge is -2.13. The first-order valence-electron chi connectivity index (χ1n) is 10.4. The third kappa shape index (κ3) is 4.57. The summed E-state index contributed by atoms with van der Waals surface area (Å²) >= 11 is 6.48. The van der Waals surface area contributed by atoms with Crippen molar-refractivity contribution in [1.82, 2.24) is 19.4 Å². The summed E-state index contributed by atoms with van der Waals surface area (Å²) in [6.07, 6.45) is 5.30. The van der Waals surface area contributed by atoms with Gasteiger partial charge in [-0.15, -0.1) is 0 Å². The van der Waals surface area contributed by atoms with Gasteiger partial charge in [0.2, 0.25) is 5.95 Å². The fourth-order valence-electron chi connectivity index (χ4n) is 3.75. The van der Waals surface area contributed by atoms with E-state index in [9.17, 15) is 0 Å². The Morgan fingerprint density at radius 1 is 1.23 bits per heavy atom. The molecule has 2 N–H and O–H groups in total. The molecule has 0 unspecified atom stereocenters. The molecule has 0 bridgehead atoms. The van der Waals surface area contributed by atoms with Crippen molar-refractivity contribution in [3.8, 4) is 0 Å². The first-order valence-corrected chi connectivity index (χ1v) is 10.7. The van der Waals surface area contributed by atoms with Crippen LogP contribution in [0.2, 0.25) is 5.02 Å². The number of aryl methyl sites for hydroxylation is 1. The molecule has 1 fully saturated rings. The summed E-state index contributed by atoms with van der Waals surface area (Å²) in [5, 5.41) is 9.51. The van der Waals surface area contributed by atoms with E-state index >= 15 is 0 Å². The molecule has 1 aliphatic rings. The zero-order valence-electron chi connectivity index (χ0n) is 17.7. The van der Waals surface area contributed by atoms with E-state index in [1.54, 1.807) is 6.20 Å². The fraction of sp³-hybridized carbons (Fsp3) is 0.409. The lowest BCUT2D eigenvalue weighted by atomic mass is 10.2. The molecule has 1 aliphatic heterocycles. The van der Waals surface area contributed by atoms with Crippen LogP contribution in [0.1, 0.15) is 31.9 Å². The van der Waals surface area contributed by atoms with Crippen LogP contribution in [0.3, 0.4) is 0 Å². The minimum Gasteiger partial charge on any atom is -0.346 e. The number of nitrogens with one attached hydrogen (secondary N) is 2. The van der Waals surface area contributed by atoms with Gasteiger partial charge in [0.15, 0.2) is 5.82 Å². The van der Waals surface area contributed by atoms with Crippen LogP contribution in [0, 0.1) is 6.92 Å². The lowest BCUT2D eigenvalue weighted by molar-refractivity contribution is 0.349. The zero-order valence-corrected chi connectivity index (χ0v) is 18.5. The molecular weight excluding hydrogens is 398 g/mol. The van der Waals surface area contributed by atoms with Crippen LogP contribution in [-0.4, -0.2) is 44.8 Å². The van der Waals surface area contributed by atoms with Crippen LogP contribution < -0.4 is 10.7 Å². The summed E-state index contributed by atoms with van der Waals surface area (Å²) in [6, 6.07) is 7.88. The van der Waals surface area contributed by atoms with E-state index in [1.165, 1.54) is 25.9 Å². The molecule has 30 heavy (non-hydrogen) atoms. The highest BCUT2D eigenvalue weighted by Gasteiger charge is 2.12. The molecule has 0 saturated carbocycles. The molecule has 0 amide bonds. The smallest absolute Gasteiger partial charge is 0.229 e. The second kappa shape index (κ2) is 9.02. The predicted molar refractivity (Wildman–Crippen MR) is 125 cm³/mol. The van der Waals surface area contributed by atoms with Gasteiger partial charge < -0.3 is 14.8 Å². The van der Waals surface area contributed by atoms with E-state index in [0.717, 1.165) is 46.0 Å². The van der Waals surface area contributed by atoms with Gasteiger partial charge in [-0.2, -0.15) is 10.1 Å². The molecule has 0 spiro atoms. The van der Waals surface area contributed by atoms with Crippen LogP contribution in [-0.2, 0) is 7.05 Å². The Morgan fingerprint density at radius 2 is 2.03 bits per heavy atom. The first kappa shape index (κ1) is 20.6. The molecule has 1 saturated heterocycles. The number of aromatic nitrogens is 3. The minimum atomic E-state index is 0.507. The summed E-state index contributed by atoms with van der Waals surface area (Å²) in [5.41, 5.74) is 7.14. The Bertz CT molecular complexity index is 1070. The average Bonchev–Trinajstić information content (AvgIpc) is 3.35. The van der Waals surface area contributed by atoms with Gasteiger partial charge in [0.05, 0.1) is 5.02 Å². The summed E-state index contributed by atoms with van der Waals surface area (Å²) < 4.78 is 2.09. The van der Waals surface area contributed by atoms with Crippen LogP contribution in [0.15, 0.2) is 35.6 Å². The van der Waals surface area contributed by atoms with Gasteiger partial charge in [-0.3, -0.25) is 5.43 Å². The van der Waals surface area contributed by atoms with Crippen molar-refractivity contribution >= 4 is 45.7 Å². The molecule has 8 heteroatoms. The zero-order chi connectivity index (χ0) is 21.1. The van der Waals surface area contributed by atoms with Gasteiger partial charge in [-0.25, -0.2) is 4.98 Å². The number of fused-ring (bicyclic) bond motifs is 1. The summed E-state index contributed by atoms with van der Waals surface area (Å²) in [4.78, 5) is 11.3. The predicted octanol–water partition coefficient (Wildman–Crippen LogP) is 4.95. The number of nitrogens with zero attached hydrogens (tertiary/aromatic N) is 5. The molecule has 1 aromatic carbocycles. The van der Waals surface area contributed by atoms with Gasteiger partial charge >= 0.3 is 0 Å². The standard InChI is InChI=1S/C22H28ClN7/c1-15(9-13-30-11-4-5-12-30)27-28-20-8-10-24-22(26-20)25-17-6-7-19-18(14-17)21(23)16(2)29(19)3/h6-8,10,14H,4-5,9,11-13H2,1-3H3,(H2,24,25,26,28)/b27-15-. The number of rotatable bonds is 7. The van der Waals surface area contributed by atoms with Crippen molar-refractivity contribution in [3.63, 3.8) is 0 Å². The summed E-state index contributed by atoms with van der Waals surface area (Å²) in [6.45, 7) is 7.55. The van der Waals surface area contributed by atoms with Gasteiger partial charge in [0.25, 0.3) is 0 Å². The third-order valence-corrected chi connectivity index (χ3v) is 6.15. The van der Waals surface area contributed by atoms with Crippen LogP contribution >= 0.6 is 11.6 Å². The van der Waals surface area contributed by atoms with Crippen molar-refractivity contribution in [3.05, 3.63) is 41.2 Å². The summed E-state index contributed by atoms with van der Waals surface area (Å²) in [5.74, 6) is 1.16. The number of likely N-dealkylation sites (tertiary alicyclic amines) is 1. The molecule has 158 valence electrons. The number of anilines is 3. The average molecular weight is 426 g/mol. The monoisotopic (exact) mass is 425 g/mol. The highest BCUT2D eigenvalue weighted by atomic mass is 35.5. The molecule has 0 aliphatic carbocycles. The fourth-order valence-corrected chi connectivity index (χ4v) is 4.03. The second-order valence-corrected chi connectivity index (χ2v) is 8.22. The van der Waals surface area contributed by atoms with E-state index in [0.29, 0.717) is 11.8 Å². The Kier molecular flexibility index (Phi) is 6.20. The normalized spacial score (nSPS) is 15.1. The van der Waals surface area contributed by atoms with Crippen LogP contribution in [0.5, 0.6) is 0 Å². The van der Waals surface area contributed by atoms with E-state index < -0.39 is 0 Å². The van der Waals surface area contributed by atoms with Crippen molar-refractivity contribution in [2.75, 3.05) is 30.4 Å². The van der Waals surface area contributed by atoms with E-state index in [2.05, 4.69) is 35.3 Å². The van der Waals surface area contributed by atoms with Crippen LogP contribution in [0.4, 0.5) is 17.5 Å². The lowest BCUT2D eigenvalue weighted by Crippen LogP contribution is -2.22. The maximum absolute atomic E-state index is 6.48. The van der Waals surface area contributed by atoms with Gasteiger partial charge in [-0.1, -0.05) is 11.6 Å². The first-order chi connectivity index (χ1) is 14.5. The number of hydrazone groups is 1. The molecule has 0 radical (unpaired) electrons. The number of halogens is 1. The van der Waals surface area contributed by atoms with Crippen molar-refractivity contribution in [2.24, 2.45) is 12.1 Å². The molecule has 4 rings (SSSR count). The van der Waals surface area contributed by atoms with Crippen molar-refractivity contribution in [2.45, 2.75) is 33.1 Å². The number of benzene rings is 1. The maximum atomic E-state index is 6.48. The Labute approximate surface area is 182 Å². The highest BCUT2D eigenvalue weighted by molar-refractivity contribution is 6.36. The van der Waals surface area contributed by atoms with Crippen molar-refractivity contribution in [1.29, 1.82) is 0 Å².